The maximum atomic E-state index is 10.9. The molecule has 96 valence electrons. The molecule has 3 rings (SSSR count). The molecule has 0 unspecified atom stereocenters. The first kappa shape index (κ1) is 11.7. The molecule has 0 spiro atoms. The van der Waals surface area contributed by atoms with Crippen molar-refractivity contribution in [2.24, 2.45) is 0 Å². The number of hydrogen-bond donors (Lipinski definition) is 2. The highest BCUT2D eigenvalue weighted by Crippen LogP contribution is 2.20. The number of nitrogens with zero attached hydrogens (tertiary/aromatic N) is 3. The van der Waals surface area contributed by atoms with Crippen molar-refractivity contribution in [1.29, 1.82) is 0 Å². The van der Waals surface area contributed by atoms with Crippen LogP contribution in [0.4, 0.5) is 0 Å². The van der Waals surface area contributed by atoms with Gasteiger partial charge >= 0.3 is 5.97 Å². The number of carboxylic acid groups (broad SMARTS) is 1. The van der Waals surface area contributed by atoms with Gasteiger partial charge in [-0.25, -0.2) is 4.79 Å². The van der Waals surface area contributed by atoms with Gasteiger partial charge in [-0.15, -0.1) is 5.10 Å². The molecule has 0 amide bonds. The van der Waals surface area contributed by atoms with E-state index in [1.165, 1.54) is 0 Å². The molecule has 0 aliphatic carbocycles. The fourth-order valence-corrected chi connectivity index (χ4v) is 2.15. The zero-order valence-electron chi connectivity index (χ0n) is 9.67. The molecule has 7 heteroatoms. The van der Waals surface area contributed by atoms with Gasteiger partial charge in [-0.05, 0) is 17.5 Å². The van der Waals surface area contributed by atoms with E-state index in [9.17, 15) is 4.79 Å². The lowest BCUT2D eigenvalue weighted by molar-refractivity contribution is 0.0689. The Morgan fingerprint density at radius 3 is 2.89 bits per heavy atom. The van der Waals surface area contributed by atoms with Crippen LogP contribution in [0.3, 0.4) is 0 Å². The van der Waals surface area contributed by atoms with Crippen LogP contribution in [0.25, 0.3) is 10.8 Å². The van der Waals surface area contributed by atoms with Crippen molar-refractivity contribution < 1.29 is 9.90 Å². The first-order valence-corrected chi connectivity index (χ1v) is 5.89. The van der Waals surface area contributed by atoms with Gasteiger partial charge in [0, 0.05) is 22.8 Å². The maximum absolute atomic E-state index is 10.9. The van der Waals surface area contributed by atoms with E-state index in [2.05, 4.69) is 15.4 Å². The number of benzene rings is 1. The molecule has 0 bridgehead atoms. The third kappa shape index (κ3) is 2.17. The summed E-state index contributed by atoms with van der Waals surface area (Å²) in [7, 11) is 0. The molecular weight excluding hydrogens is 268 g/mol. The molecule has 2 N–H and O–H groups in total. The van der Waals surface area contributed by atoms with E-state index in [0.29, 0.717) is 17.3 Å². The molecule has 0 atom stereocenters. The summed E-state index contributed by atoms with van der Waals surface area (Å²) < 4.78 is 1.85. The lowest BCUT2D eigenvalue weighted by atomic mass is 10.2. The zero-order chi connectivity index (χ0) is 13.4. The van der Waals surface area contributed by atoms with Gasteiger partial charge in [0.25, 0.3) is 0 Å². The Hall–Kier alpha value is -2.34. The van der Waals surface area contributed by atoms with Crippen LogP contribution in [0.15, 0.2) is 30.6 Å². The largest absolute Gasteiger partial charge is 0.476 e. The molecule has 19 heavy (non-hydrogen) atoms. The number of rotatable bonds is 3. The Labute approximate surface area is 112 Å². The molecule has 0 saturated carbocycles. The number of aromatic nitrogens is 4. The van der Waals surface area contributed by atoms with Gasteiger partial charge in [-0.1, -0.05) is 17.7 Å². The fraction of sp³-hybridized carbons (Fsp3) is 0.0833. The summed E-state index contributed by atoms with van der Waals surface area (Å²) in [6.45, 7) is 0.338. The average Bonchev–Trinajstić information content (AvgIpc) is 2.95. The Morgan fingerprint density at radius 2 is 2.11 bits per heavy atom. The number of nitrogens with one attached hydrogen (secondary N) is 1. The van der Waals surface area contributed by atoms with Crippen molar-refractivity contribution in [2.75, 3.05) is 0 Å². The third-order valence-electron chi connectivity index (χ3n) is 2.81. The first-order valence-electron chi connectivity index (χ1n) is 5.51. The second-order valence-electron chi connectivity index (χ2n) is 4.13. The molecule has 2 aromatic heterocycles. The van der Waals surface area contributed by atoms with Crippen molar-refractivity contribution in [3.05, 3.63) is 47.0 Å². The van der Waals surface area contributed by atoms with Gasteiger partial charge in [0.15, 0.2) is 5.69 Å². The fourth-order valence-electron chi connectivity index (χ4n) is 1.97. The lowest BCUT2D eigenvalue weighted by Crippen LogP contribution is -2.05. The summed E-state index contributed by atoms with van der Waals surface area (Å²) in [4.78, 5) is 10.9. The summed E-state index contributed by atoms with van der Waals surface area (Å²) in [6, 6.07) is 5.58. The molecule has 0 saturated heterocycles. The Kier molecular flexibility index (Phi) is 2.72. The topological polar surface area (TPSA) is 83.8 Å². The van der Waals surface area contributed by atoms with E-state index in [1.54, 1.807) is 0 Å². The van der Waals surface area contributed by atoms with Crippen LogP contribution in [0.5, 0.6) is 0 Å². The molecular formula is C12H9ClN4O2. The number of halogens is 1. The number of aromatic amines is 1. The summed E-state index contributed by atoms with van der Waals surface area (Å²) in [5, 5.41) is 21.4. The van der Waals surface area contributed by atoms with Crippen molar-refractivity contribution in [3.63, 3.8) is 0 Å². The van der Waals surface area contributed by atoms with Crippen molar-refractivity contribution in [2.45, 2.75) is 6.54 Å². The van der Waals surface area contributed by atoms with E-state index in [-0.39, 0.29) is 5.69 Å². The Morgan fingerprint density at radius 1 is 1.32 bits per heavy atom. The van der Waals surface area contributed by atoms with Crippen LogP contribution in [0.2, 0.25) is 5.02 Å². The highest BCUT2D eigenvalue weighted by Gasteiger charge is 2.15. The smallest absolute Gasteiger partial charge is 0.358 e. The Balaban J connectivity index is 1.97. The van der Waals surface area contributed by atoms with Gasteiger partial charge in [0.2, 0.25) is 0 Å². The summed E-state index contributed by atoms with van der Waals surface area (Å²) in [5.74, 6) is -1.09. The number of carboxylic acids is 1. The summed E-state index contributed by atoms with van der Waals surface area (Å²) in [5.41, 5.74) is 0.328. The van der Waals surface area contributed by atoms with Gasteiger partial charge < -0.3 is 9.67 Å². The third-order valence-corrected chi connectivity index (χ3v) is 3.05. The normalized spacial score (nSPS) is 11.0. The second-order valence-corrected chi connectivity index (χ2v) is 4.56. The molecule has 2 heterocycles. The van der Waals surface area contributed by atoms with E-state index in [4.69, 9.17) is 16.7 Å². The number of fused-ring (bicyclic) bond motifs is 1. The van der Waals surface area contributed by atoms with Crippen molar-refractivity contribution in [1.82, 2.24) is 20.0 Å². The summed E-state index contributed by atoms with van der Waals surface area (Å²) in [6.07, 6.45) is 3.80. The molecule has 0 aliphatic rings. The van der Waals surface area contributed by atoms with Crippen LogP contribution < -0.4 is 0 Å². The number of hydrogen-bond acceptors (Lipinski definition) is 3. The molecule has 0 radical (unpaired) electrons. The standard InChI is InChI=1S/C12H9ClN4O2/c13-9-2-1-7-4-17(5-8(7)3-9)6-10-11(12(18)19)15-16-14-10/h1-5H,6H2,(H,18,19)(H,14,15,16). The van der Waals surface area contributed by atoms with E-state index in [1.807, 2.05) is 35.2 Å². The molecule has 0 aliphatic heterocycles. The SMILES string of the molecule is O=C(O)c1n[nH]nc1Cn1cc2ccc(Cl)cc2c1. The summed E-state index contributed by atoms with van der Waals surface area (Å²) >= 11 is 5.92. The van der Waals surface area contributed by atoms with E-state index < -0.39 is 5.97 Å². The lowest BCUT2D eigenvalue weighted by Gasteiger charge is -1.98. The van der Waals surface area contributed by atoms with Gasteiger partial charge in [0.05, 0.1) is 6.54 Å². The van der Waals surface area contributed by atoms with Crippen LogP contribution in [0, 0.1) is 0 Å². The number of aromatic carboxylic acids is 1. The second kappa shape index (κ2) is 4.40. The highest BCUT2D eigenvalue weighted by atomic mass is 35.5. The average molecular weight is 277 g/mol. The minimum Gasteiger partial charge on any atom is -0.476 e. The first-order chi connectivity index (χ1) is 9.13. The highest BCUT2D eigenvalue weighted by molar-refractivity contribution is 6.31. The van der Waals surface area contributed by atoms with Crippen LogP contribution >= 0.6 is 11.6 Å². The monoisotopic (exact) mass is 276 g/mol. The van der Waals surface area contributed by atoms with Crippen molar-refractivity contribution >= 4 is 28.3 Å². The van der Waals surface area contributed by atoms with Gasteiger partial charge in [0.1, 0.15) is 5.69 Å². The number of carbonyl (C=O) groups is 1. The zero-order valence-corrected chi connectivity index (χ0v) is 10.4. The molecule has 0 fully saturated rings. The Bertz CT molecular complexity index is 762. The maximum Gasteiger partial charge on any atom is 0.358 e. The van der Waals surface area contributed by atoms with Crippen LogP contribution in [0.1, 0.15) is 16.2 Å². The van der Waals surface area contributed by atoms with Gasteiger partial charge in [-0.3, -0.25) is 0 Å². The van der Waals surface area contributed by atoms with E-state index >= 15 is 0 Å². The predicted molar refractivity (Wildman–Crippen MR) is 69.4 cm³/mol. The van der Waals surface area contributed by atoms with Gasteiger partial charge in [-0.2, -0.15) is 10.3 Å². The minimum absolute atomic E-state index is 0.0595. The molecule has 1 aromatic carbocycles. The molecule has 3 aromatic rings. The van der Waals surface area contributed by atoms with Crippen LogP contribution in [-0.4, -0.2) is 31.1 Å². The quantitative estimate of drug-likeness (QED) is 0.768. The van der Waals surface area contributed by atoms with Crippen molar-refractivity contribution in [3.8, 4) is 0 Å². The van der Waals surface area contributed by atoms with Crippen LogP contribution in [-0.2, 0) is 6.54 Å². The minimum atomic E-state index is -1.09. The predicted octanol–water partition coefficient (Wildman–Crippen LogP) is 2.16. The number of H-pyrrole nitrogens is 1. The molecule has 6 nitrogen and oxygen atoms in total. The van der Waals surface area contributed by atoms with E-state index in [0.717, 1.165) is 10.8 Å².